The molecule has 11 heteroatoms. The number of carbonyl (C=O) groups is 3. The van der Waals surface area contributed by atoms with Gasteiger partial charge < -0.3 is 9.57 Å². The summed E-state index contributed by atoms with van der Waals surface area (Å²) < 4.78 is 31.7. The number of rotatable bonds is 4. The molecular formula is C17H14N2O7S2. The number of hydrogen-bond acceptors (Lipinski definition) is 8. The number of hydroxylamine groups is 2. The maximum atomic E-state index is 12.6. The van der Waals surface area contributed by atoms with Gasteiger partial charge in [0.1, 0.15) is 4.21 Å². The number of carbonyl (C=O) groups excluding carboxylic acids is 3. The molecule has 1 fully saturated rings. The van der Waals surface area contributed by atoms with Crippen molar-refractivity contribution in [3.63, 3.8) is 0 Å². The lowest BCUT2D eigenvalue weighted by molar-refractivity contribution is -0.0584. The van der Waals surface area contributed by atoms with Gasteiger partial charge in [-0.05, 0) is 18.2 Å². The Morgan fingerprint density at radius 2 is 1.68 bits per heavy atom. The van der Waals surface area contributed by atoms with Crippen LogP contribution in [0.4, 0.5) is 0 Å². The summed E-state index contributed by atoms with van der Waals surface area (Å²) in [7, 11) is -3.75. The van der Waals surface area contributed by atoms with Gasteiger partial charge in [0.15, 0.2) is 0 Å². The Kier molecular flexibility index (Phi) is 4.75. The average molecular weight is 422 g/mol. The number of ether oxygens (including phenoxy) is 1. The van der Waals surface area contributed by atoms with Gasteiger partial charge in [0.25, 0.3) is 21.8 Å². The summed E-state index contributed by atoms with van der Waals surface area (Å²) in [6.45, 7) is 1.07. The third-order valence-corrected chi connectivity index (χ3v) is 7.62. The van der Waals surface area contributed by atoms with Crippen molar-refractivity contribution >= 4 is 39.1 Å². The molecule has 2 aliphatic heterocycles. The monoisotopic (exact) mass is 422 g/mol. The molecule has 1 saturated heterocycles. The summed E-state index contributed by atoms with van der Waals surface area (Å²) >= 11 is 0.866. The Balaban J connectivity index is 1.51. The molecule has 2 aliphatic rings. The third kappa shape index (κ3) is 3.11. The first-order valence-corrected chi connectivity index (χ1v) is 10.6. The van der Waals surface area contributed by atoms with Crippen molar-refractivity contribution in [1.29, 1.82) is 0 Å². The zero-order valence-electron chi connectivity index (χ0n) is 14.4. The van der Waals surface area contributed by atoms with Crippen LogP contribution >= 0.6 is 11.3 Å². The Bertz CT molecular complexity index is 1040. The zero-order chi connectivity index (χ0) is 19.9. The minimum atomic E-state index is -3.75. The van der Waals surface area contributed by atoms with E-state index in [9.17, 15) is 22.8 Å². The van der Waals surface area contributed by atoms with E-state index >= 15 is 0 Å². The largest absolute Gasteiger partial charge is 0.379 e. The number of fused-ring (bicyclic) bond motifs is 1. The highest BCUT2D eigenvalue weighted by Gasteiger charge is 2.39. The molecule has 1 aromatic heterocycles. The molecule has 0 radical (unpaired) electrons. The van der Waals surface area contributed by atoms with Crippen LogP contribution in [0, 0.1) is 0 Å². The molecule has 0 atom stereocenters. The Morgan fingerprint density at radius 3 is 2.29 bits per heavy atom. The maximum Gasteiger partial charge on any atom is 0.364 e. The molecule has 0 aliphatic carbocycles. The van der Waals surface area contributed by atoms with Crippen LogP contribution in [0.3, 0.4) is 0 Å². The molecule has 0 spiro atoms. The summed E-state index contributed by atoms with van der Waals surface area (Å²) in [4.78, 5) is 41.8. The topological polar surface area (TPSA) is 110 Å². The molecule has 0 N–H and O–H groups in total. The van der Waals surface area contributed by atoms with Gasteiger partial charge in [0.05, 0.1) is 29.9 Å². The average Bonchev–Trinajstić information content (AvgIpc) is 3.30. The number of imide groups is 1. The molecule has 0 saturated carbocycles. The van der Waals surface area contributed by atoms with Gasteiger partial charge in [0, 0.05) is 18.5 Å². The van der Waals surface area contributed by atoms with E-state index in [0.29, 0.717) is 18.3 Å². The van der Waals surface area contributed by atoms with Crippen molar-refractivity contribution in [1.82, 2.24) is 9.37 Å². The van der Waals surface area contributed by atoms with Crippen molar-refractivity contribution in [2.45, 2.75) is 4.21 Å². The van der Waals surface area contributed by atoms with E-state index in [1.54, 1.807) is 12.1 Å². The Labute approximate surface area is 164 Å². The van der Waals surface area contributed by atoms with Crippen molar-refractivity contribution in [2.75, 3.05) is 26.3 Å². The predicted octanol–water partition coefficient (Wildman–Crippen LogP) is 1.14. The van der Waals surface area contributed by atoms with E-state index in [-0.39, 0.29) is 34.0 Å². The van der Waals surface area contributed by atoms with E-state index in [4.69, 9.17) is 9.57 Å². The van der Waals surface area contributed by atoms with E-state index in [0.717, 1.165) is 11.3 Å². The van der Waals surface area contributed by atoms with Gasteiger partial charge in [0.2, 0.25) is 0 Å². The number of nitrogens with zero attached hydrogens (tertiary/aromatic N) is 2. The number of sulfonamides is 1. The van der Waals surface area contributed by atoms with Crippen LogP contribution in [0.5, 0.6) is 0 Å². The fraction of sp³-hybridized carbons (Fsp3) is 0.235. The van der Waals surface area contributed by atoms with Gasteiger partial charge in [-0.15, -0.1) is 11.3 Å². The lowest BCUT2D eigenvalue weighted by Gasteiger charge is -2.25. The minimum Gasteiger partial charge on any atom is -0.379 e. The predicted molar refractivity (Wildman–Crippen MR) is 96.3 cm³/mol. The molecule has 146 valence electrons. The van der Waals surface area contributed by atoms with Crippen molar-refractivity contribution in [2.24, 2.45) is 0 Å². The van der Waals surface area contributed by atoms with Gasteiger partial charge in [-0.1, -0.05) is 17.2 Å². The van der Waals surface area contributed by atoms with Crippen LogP contribution < -0.4 is 0 Å². The lowest BCUT2D eigenvalue weighted by atomic mass is 10.1. The molecule has 1 aromatic carbocycles. The second-order valence-corrected chi connectivity index (χ2v) is 9.08. The fourth-order valence-corrected chi connectivity index (χ4v) is 5.57. The normalized spacial score (nSPS) is 17.6. The van der Waals surface area contributed by atoms with E-state index in [1.807, 2.05) is 0 Å². The molecule has 2 aromatic rings. The standard InChI is InChI=1S/C17H14N2O7S2/c20-15-12-3-1-2-4-13(12)16(21)19(15)26-17(22)11-9-14(27-10-11)28(23,24)18-5-7-25-8-6-18/h1-4,9-10H,5-8H2. The summed E-state index contributed by atoms with van der Waals surface area (Å²) in [6.07, 6.45) is 0. The molecule has 0 bridgehead atoms. The second-order valence-electron chi connectivity index (χ2n) is 6.00. The first-order valence-electron chi connectivity index (χ1n) is 8.26. The number of hydrogen-bond donors (Lipinski definition) is 0. The highest BCUT2D eigenvalue weighted by molar-refractivity contribution is 7.91. The molecule has 9 nitrogen and oxygen atoms in total. The molecule has 4 rings (SSSR count). The number of morpholine rings is 1. The summed E-state index contributed by atoms with van der Waals surface area (Å²) in [5.41, 5.74) is 0.218. The number of amides is 2. The van der Waals surface area contributed by atoms with Crippen molar-refractivity contribution < 1.29 is 32.4 Å². The van der Waals surface area contributed by atoms with Crippen LogP contribution in [-0.4, -0.2) is 61.9 Å². The molecule has 0 unspecified atom stereocenters. The Hall–Kier alpha value is -2.60. The minimum absolute atomic E-state index is 0.0243. The number of thiophene rings is 1. The van der Waals surface area contributed by atoms with Gasteiger partial charge in [-0.3, -0.25) is 9.59 Å². The van der Waals surface area contributed by atoms with Crippen LogP contribution in [0.2, 0.25) is 0 Å². The lowest BCUT2D eigenvalue weighted by Crippen LogP contribution is -2.40. The van der Waals surface area contributed by atoms with Crippen molar-refractivity contribution in [3.05, 3.63) is 52.4 Å². The maximum absolute atomic E-state index is 12.6. The molecule has 2 amide bonds. The van der Waals surface area contributed by atoms with Gasteiger partial charge >= 0.3 is 5.97 Å². The summed E-state index contributed by atoms with van der Waals surface area (Å²) in [5, 5.41) is 1.70. The Morgan fingerprint density at radius 1 is 1.07 bits per heavy atom. The summed E-state index contributed by atoms with van der Waals surface area (Å²) in [6, 6.07) is 7.28. The SMILES string of the molecule is O=C(ON1C(=O)c2ccccc2C1=O)c1csc(S(=O)(=O)N2CCOCC2)c1. The van der Waals surface area contributed by atoms with E-state index in [2.05, 4.69) is 0 Å². The van der Waals surface area contributed by atoms with Crippen LogP contribution in [0.15, 0.2) is 39.9 Å². The van der Waals surface area contributed by atoms with Crippen LogP contribution in [-0.2, 0) is 19.6 Å². The van der Waals surface area contributed by atoms with E-state index in [1.165, 1.54) is 27.9 Å². The van der Waals surface area contributed by atoms with Gasteiger partial charge in [-0.25, -0.2) is 13.2 Å². The zero-order valence-corrected chi connectivity index (χ0v) is 16.0. The van der Waals surface area contributed by atoms with E-state index < -0.39 is 27.8 Å². The first-order chi connectivity index (χ1) is 13.4. The highest BCUT2D eigenvalue weighted by Crippen LogP contribution is 2.27. The molecule has 3 heterocycles. The summed E-state index contributed by atoms with van der Waals surface area (Å²) in [5.74, 6) is -2.48. The molecule has 28 heavy (non-hydrogen) atoms. The van der Waals surface area contributed by atoms with Crippen LogP contribution in [0.25, 0.3) is 0 Å². The molecular weight excluding hydrogens is 408 g/mol. The first kappa shape index (κ1) is 18.7. The fourth-order valence-electron chi connectivity index (χ4n) is 2.86. The quantitative estimate of drug-likeness (QED) is 0.680. The second kappa shape index (κ2) is 7.09. The van der Waals surface area contributed by atoms with Crippen molar-refractivity contribution in [3.8, 4) is 0 Å². The van der Waals surface area contributed by atoms with Crippen LogP contribution in [0.1, 0.15) is 31.1 Å². The van der Waals surface area contributed by atoms with Gasteiger partial charge in [-0.2, -0.15) is 4.31 Å². The smallest absolute Gasteiger partial charge is 0.364 e. The highest BCUT2D eigenvalue weighted by atomic mass is 32.2. The number of benzene rings is 1. The third-order valence-electron chi connectivity index (χ3n) is 4.31.